The Kier molecular flexibility index (Phi) is 6.55. The Hall–Kier alpha value is -2.90. The SMILES string of the molecule is CC(=O)[C@@H]1[C@@H](C)OC(=O)N1Cc1ccccc1.CC(=O)[C@H]1NC(=O)O[C@@H]1C. The lowest BCUT2D eigenvalue weighted by Crippen LogP contribution is -2.40. The van der Waals surface area contributed by atoms with Gasteiger partial charge in [-0.1, -0.05) is 30.3 Å². The highest BCUT2D eigenvalue weighted by atomic mass is 16.6. The number of cyclic esters (lactones) is 2. The maximum atomic E-state index is 11.7. The summed E-state index contributed by atoms with van der Waals surface area (Å²) in [6.07, 6.45) is -1.62. The minimum Gasteiger partial charge on any atom is -0.444 e. The molecular weight excluding hydrogens is 352 g/mol. The van der Waals surface area contributed by atoms with Gasteiger partial charge in [0.1, 0.15) is 24.3 Å². The van der Waals surface area contributed by atoms with Crippen molar-refractivity contribution in [2.24, 2.45) is 0 Å². The minimum atomic E-state index is -0.507. The molecular formula is C19H24N2O6. The van der Waals surface area contributed by atoms with Crippen LogP contribution in [-0.2, 0) is 25.6 Å². The van der Waals surface area contributed by atoms with Crippen LogP contribution in [0.1, 0.15) is 33.3 Å². The number of hydrogen-bond acceptors (Lipinski definition) is 6. The first-order valence-corrected chi connectivity index (χ1v) is 8.70. The van der Waals surface area contributed by atoms with E-state index in [0.29, 0.717) is 6.54 Å². The molecule has 4 atom stereocenters. The molecule has 0 aromatic heterocycles. The number of rotatable bonds is 4. The van der Waals surface area contributed by atoms with Gasteiger partial charge in [0.05, 0.1) is 0 Å². The van der Waals surface area contributed by atoms with E-state index >= 15 is 0 Å². The second-order valence-electron chi connectivity index (χ2n) is 6.60. The standard InChI is InChI=1S/C13H15NO3.C6H9NO3/c1-9(15)12-10(2)17-13(16)14(12)8-11-6-4-3-5-7-11;1-3(8)5-4(2)10-6(9)7-5/h3-7,10,12H,8H2,1-2H3;4-5H,1-2H3,(H,7,9)/t10-,12-;4-,5-/m11/s1. The lowest BCUT2D eigenvalue weighted by Gasteiger charge is -2.20. The molecule has 1 aromatic carbocycles. The highest BCUT2D eigenvalue weighted by Gasteiger charge is 2.41. The van der Waals surface area contributed by atoms with E-state index in [0.717, 1.165) is 5.56 Å². The molecule has 2 aliphatic heterocycles. The van der Waals surface area contributed by atoms with E-state index in [4.69, 9.17) is 4.74 Å². The molecule has 146 valence electrons. The molecule has 2 amide bonds. The fraction of sp³-hybridized carbons (Fsp3) is 0.474. The molecule has 8 heteroatoms. The summed E-state index contributed by atoms with van der Waals surface area (Å²) in [5.74, 6) is -0.113. The van der Waals surface area contributed by atoms with Crippen molar-refractivity contribution in [1.29, 1.82) is 0 Å². The Morgan fingerprint density at radius 3 is 2.07 bits per heavy atom. The lowest BCUT2D eigenvalue weighted by atomic mass is 10.1. The van der Waals surface area contributed by atoms with Crippen LogP contribution in [0.5, 0.6) is 0 Å². The summed E-state index contributed by atoms with van der Waals surface area (Å²) in [5, 5.41) is 2.39. The molecule has 0 radical (unpaired) electrons. The zero-order valence-electron chi connectivity index (χ0n) is 15.8. The van der Waals surface area contributed by atoms with Gasteiger partial charge in [0.2, 0.25) is 0 Å². The van der Waals surface area contributed by atoms with Crippen molar-refractivity contribution in [2.75, 3.05) is 0 Å². The third-order valence-electron chi connectivity index (χ3n) is 4.39. The molecule has 0 unspecified atom stereocenters. The van der Waals surface area contributed by atoms with Gasteiger partial charge in [-0.2, -0.15) is 0 Å². The molecule has 0 saturated carbocycles. The molecule has 0 bridgehead atoms. The molecule has 8 nitrogen and oxygen atoms in total. The largest absolute Gasteiger partial charge is 0.444 e. The molecule has 2 saturated heterocycles. The molecule has 2 aliphatic rings. The van der Waals surface area contributed by atoms with Gasteiger partial charge in [0, 0.05) is 6.54 Å². The van der Waals surface area contributed by atoms with Crippen molar-refractivity contribution in [3.05, 3.63) is 35.9 Å². The average Bonchev–Trinajstić information content (AvgIpc) is 3.07. The summed E-state index contributed by atoms with van der Waals surface area (Å²) >= 11 is 0. The van der Waals surface area contributed by atoms with Crippen LogP contribution in [0, 0.1) is 0 Å². The van der Waals surface area contributed by atoms with E-state index < -0.39 is 24.3 Å². The first-order chi connectivity index (χ1) is 12.7. The minimum absolute atomic E-state index is 0.0423. The normalized spacial score (nSPS) is 26.4. The first-order valence-electron chi connectivity index (χ1n) is 8.70. The van der Waals surface area contributed by atoms with Crippen LogP contribution in [0.2, 0.25) is 0 Å². The predicted octanol–water partition coefficient (Wildman–Crippen LogP) is 2.06. The van der Waals surface area contributed by atoms with Gasteiger partial charge in [0.25, 0.3) is 0 Å². The van der Waals surface area contributed by atoms with Crippen molar-refractivity contribution >= 4 is 23.8 Å². The van der Waals surface area contributed by atoms with Crippen molar-refractivity contribution in [3.63, 3.8) is 0 Å². The third kappa shape index (κ3) is 5.06. The average molecular weight is 376 g/mol. The number of Topliss-reactive ketones (excluding diaryl/α,β-unsaturated/α-hetero) is 2. The van der Waals surface area contributed by atoms with Gasteiger partial charge < -0.3 is 14.8 Å². The van der Waals surface area contributed by atoms with Gasteiger partial charge in [-0.05, 0) is 33.3 Å². The van der Waals surface area contributed by atoms with Crippen molar-refractivity contribution in [1.82, 2.24) is 10.2 Å². The van der Waals surface area contributed by atoms with Gasteiger partial charge in [-0.25, -0.2) is 9.59 Å². The summed E-state index contributed by atoms with van der Waals surface area (Å²) in [6.45, 7) is 6.75. The van der Waals surface area contributed by atoms with Gasteiger partial charge in [0.15, 0.2) is 11.6 Å². The number of benzene rings is 1. The first kappa shape index (κ1) is 20.4. The molecule has 0 spiro atoms. The van der Waals surface area contributed by atoms with Crippen LogP contribution >= 0.6 is 0 Å². The molecule has 3 rings (SSSR count). The fourth-order valence-electron chi connectivity index (χ4n) is 3.10. The van der Waals surface area contributed by atoms with Crippen LogP contribution in [0.4, 0.5) is 9.59 Å². The maximum absolute atomic E-state index is 11.7. The van der Waals surface area contributed by atoms with Crippen molar-refractivity contribution in [3.8, 4) is 0 Å². The van der Waals surface area contributed by atoms with Crippen molar-refractivity contribution in [2.45, 2.75) is 58.5 Å². The van der Waals surface area contributed by atoms with Crippen molar-refractivity contribution < 1.29 is 28.7 Å². The second-order valence-corrected chi connectivity index (χ2v) is 6.60. The van der Waals surface area contributed by atoms with E-state index in [2.05, 4.69) is 10.1 Å². The fourth-order valence-corrected chi connectivity index (χ4v) is 3.10. The Morgan fingerprint density at radius 1 is 1.00 bits per heavy atom. The van der Waals surface area contributed by atoms with E-state index in [1.807, 2.05) is 30.3 Å². The van der Waals surface area contributed by atoms with E-state index in [1.54, 1.807) is 13.8 Å². The topological polar surface area (TPSA) is 102 Å². The molecule has 27 heavy (non-hydrogen) atoms. The van der Waals surface area contributed by atoms with Crippen LogP contribution in [0.3, 0.4) is 0 Å². The molecule has 2 heterocycles. The monoisotopic (exact) mass is 376 g/mol. The van der Waals surface area contributed by atoms with Crippen LogP contribution < -0.4 is 5.32 Å². The number of nitrogens with zero attached hydrogens (tertiary/aromatic N) is 1. The number of hydrogen-bond donors (Lipinski definition) is 1. The number of ketones is 2. The summed E-state index contributed by atoms with van der Waals surface area (Å²) in [5.41, 5.74) is 0.991. The van der Waals surface area contributed by atoms with Crippen LogP contribution in [0.15, 0.2) is 30.3 Å². The lowest BCUT2D eigenvalue weighted by molar-refractivity contribution is -0.122. The Morgan fingerprint density at radius 2 is 1.63 bits per heavy atom. The van der Waals surface area contributed by atoms with E-state index in [-0.39, 0.29) is 23.8 Å². The van der Waals surface area contributed by atoms with Gasteiger partial charge in [-0.15, -0.1) is 0 Å². The molecule has 0 aliphatic carbocycles. The number of carbonyl (C=O) groups is 4. The smallest absolute Gasteiger partial charge is 0.411 e. The van der Waals surface area contributed by atoms with Crippen LogP contribution in [-0.4, -0.2) is 52.9 Å². The maximum Gasteiger partial charge on any atom is 0.411 e. The Balaban J connectivity index is 0.000000223. The number of ether oxygens (including phenoxy) is 2. The molecule has 1 N–H and O–H groups in total. The number of alkyl carbamates (subject to hydrolysis) is 1. The summed E-state index contributed by atoms with van der Waals surface area (Å²) in [4.78, 5) is 45.9. The quantitative estimate of drug-likeness (QED) is 0.863. The number of amides is 2. The third-order valence-corrected chi connectivity index (χ3v) is 4.39. The Bertz CT molecular complexity index is 720. The number of carbonyl (C=O) groups excluding carboxylic acids is 4. The zero-order valence-corrected chi connectivity index (χ0v) is 15.8. The van der Waals surface area contributed by atoms with Crippen LogP contribution in [0.25, 0.3) is 0 Å². The molecule has 2 fully saturated rings. The summed E-state index contributed by atoms with van der Waals surface area (Å²) in [6, 6.07) is 8.65. The zero-order chi connectivity index (χ0) is 20.1. The van der Waals surface area contributed by atoms with E-state index in [9.17, 15) is 19.2 Å². The predicted molar refractivity (Wildman–Crippen MR) is 95.9 cm³/mol. The highest BCUT2D eigenvalue weighted by molar-refractivity contribution is 5.89. The van der Waals surface area contributed by atoms with Gasteiger partial charge in [-0.3, -0.25) is 14.5 Å². The second kappa shape index (κ2) is 8.66. The molecule has 1 aromatic rings. The highest BCUT2D eigenvalue weighted by Crippen LogP contribution is 2.22. The summed E-state index contributed by atoms with van der Waals surface area (Å²) < 4.78 is 9.75. The van der Waals surface area contributed by atoms with Gasteiger partial charge >= 0.3 is 12.2 Å². The number of nitrogens with one attached hydrogen (secondary N) is 1. The van der Waals surface area contributed by atoms with E-state index in [1.165, 1.54) is 18.7 Å². The Labute approximate surface area is 157 Å². The summed E-state index contributed by atoms with van der Waals surface area (Å²) in [7, 11) is 0.